The number of nitrogens with one attached hydrogen (secondary N) is 1. The average Bonchev–Trinajstić information content (AvgIpc) is 2.60. The molecule has 1 unspecified atom stereocenters. The Balaban J connectivity index is 1.85. The van der Waals surface area contributed by atoms with E-state index in [0.717, 1.165) is 11.3 Å². The first-order valence-electron chi connectivity index (χ1n) is 7.40. The number of carbonyl (C=O) groups is 2. The van der Waals surface area contributed by atoms with Crippen LogP contribution in [0.5, 0.6) is 11.5 Å². The molecule has 0 aliphatic heterocycles. The van der Waals surface area contributed by atoms with Crippen molar-refractivity contribution in [3.8, 4) is 11.5 Å². The zero-order valence-electron chi connectivity index (χ0n) is 13.5. The fraction of sp³-hybridized carbons (Fsp3) is 0.222. The highest BCUT2D eigenvalue weighted by Gasteiger charge is 2.14. The maximum Gasteiger partial charge on any atom is 0.335 e. The molecule has 0 saturated heterocycles. The number of methoxy groups -OCH3 is 1. The minimum absolute atomic E-state index is 0.166. The van der Waals surface area contributed by atoms with Crippen LogP contribution in [0.1, 0.15) is 22.8 Å². The number of ether oxygens (including phenoxy) is 2. The van der Waals surface area contributed by atoms with E-state index in [1.807, 2.05) is 24.3 Å². The smallest absolute Gasteiger partial charge is 0.335 e. The molecule has 2 rings (SSSR count). The van der Waals surface area contributed by atoms with Gasteiger partial charge >= 0.3 is 5.97 Å². The van der Waals surface area contributed by atoms with E-state index in [4.69, 9.17) is 14.6 Å². The van der Waals surface area contributed by atoms with Gasteiger partial charge in [-0.15, -0.1) is 0 Å². The second kappa shape index (κ2) is 8.01. The number of aromatic carboxylic acids is 1. The van der Waals surface area contributed by atoms with E-state index in [2.05, 4.69) is 5.32 Å². The molecule has 0 heterocycles. The molecule has 2 aromatic rings. The van der Waals surface area contributed by atoms with Crippen LogP contribution in [0, 0.1) is 0 Å². The van der Waals surface area contributed by atoms with Crippen molar-refractivity contribution in [1.29, 1.82) is 0 Å². The predicted molar refractivity (Wildman–Crippen MR) is 88.3 cm³/mol. The molecule has 0 spiro atoms. The Morgan fingerprint density at radius 3 is 2.17 bits per heavy atom. The van der Waals surface area contributed by atoms with Gasteiger partial charge in [0.2, 0.25) is 0 Å². The minimum Gasteiger partial charge on any atom is -0.497 e. The molecule has 0 radical (unpaired) electrons. The van der Waals surface area contributed by atoms with Crippen molar-refractivity contribution in [3.05, 3.63) is 59.7 Å². The van der Waals surface area contributed by atoms with Crippen molar-refractivity contribution in [2.75, 3.05) is 7.11 Å². The molecule has 6 heteroatoms. The Labute approximate surface area is 140 Å². The summed E-state index contributed by atoms with van der Waals surface area (Å²) >= 11 is 0. The van der Waals surface area contributed by atoms with Gasteiger partial charge in [-0.05, 0) is 48.9 Å². The summed E-state index contributed by atoms with van der Waals surface area (Å²) in [6, 6.07) is 13.3. The lowest BCUT2D eigenvalue weighted by molar-refractivity contribution is -0.127. The maximum absolute atomic E-state index is 12.1. The van der Waals surface area contributed by atoms with Crippen molar-refractivity contribution in [3.63, 3.8) is 0 Å². The van der Waals surface area contributed by atoms with Gasteiger partial charge in [0.25, 0.3) is 5.91 Å². The van der Waals surface area contributed by atoms with Crippen LogP contribution in [0.4, 0.5) is 0 Å². The van der Waals surface area contributed by atoms with E-state index in [1.165, 1.54) is 24.3 Å². The monoisotopic (exact) mass is 329 g/mol. The van der Waals surface area contributed by atoms with E-state index < -0.39 is 12.1 Å². The van der Waals surface area contributed by atoms with Crippen LogP contribution in [0.3, 0.4) is 0 Å². The molecular formula is C18H19NO5. The van der Waals surface area contributed by atoms with Gasteiger partial charge in [0.05, 0.1) is 12.7 Å². The van der Waals surface area contributed by atoms with Crippen LogP contribution < -0.4 is 14.8 Å². The Morgan fingerprint density at radius 1 is 1.04 bits per heavy atom. The van der Waals surface area contributed by atoms with Crippen LogP contribution in [0.25, 0.3) is 0 Å². The van der Waals surface area contributed by atoms with Crippen LogP contribution in [-0.4, -0.2) is 30.2 Å². The van der Waals surface area contributed by atoms with Crippen LogP contribution in [0.2, 0.25) is 0 Å². The van der Waals surface area contributed by atoms with Gasteiger partial charge in [0.15, 0.2) is 6.10 Å². The Morgan fingerprint density at radius 2 is 1.62 bits per heavy atom. The number of amides is 1. The van der Waals surface area contributed by atoms with Crippen molar-refractivity contribution in [2.45, 2.75) is 19.6 Å². The number of benzene rings is 2. The van der Waals surface area contributed by atoms with Gasteiger partial charge in [0.1, 0.15) is 11.5 Å². The van der Waals surface area contributed by atoms with Gasteiger partial charge in [-0.3, -0.25) is 4.79 Å². The molecular weight excluding hydrogens is 310 g/mol. The lowest BCUT2D eigenvalue weighted by Crippen LogP contribution is -2.35. The molecule has 0 fully saturated rings. The van der Waals surface area contributed by atoms with Crippen LogP contribution in [0.15, 0.2) is 48.5 Å². The first-order chi connectivity index (χ1) is 11.5. The normalized spacial score (nSPS) is 11.4. The molecule has 1 amide bonds. The summed E-state index contributed by atoms with van der Waals surface area (Å²) < 4.78 is 10.6. The second-order valence-corrected chi connectivity index (χ2v) is 5.16. The van der Waals surface area contributed by atoms with Crippen molar-refractivity contribution in [2.24, 2.45) is 0 Å². The summed E-state index contributed by atoms with van der Waals surface area (Å²) in [4.78, 5) is 22.9. The second-order valence-electron chi connectivity index (χ2n) is 5.16. The van der Waals surface area contributed by atoms with Crippen LogP contribution in [-0.2, 0) is 11.3 Å². The highest BCUT2D eigenvalue weighted by Crippen LogP contribution is 2.14. The van der Waals surface area contributed by atoms with Crippen molar-refractivity contribution in [1.82, 2.24) is 5.32 Å². The lowest BCUT2D eigenvalue weighted by atomic mass is 10.2. The summed E-state index contributed by atoms with van der Waals surface area (Å²) in [6.07, 6.45) is -0.695. The fourth-order valence-corrected chi connectivity index (χ4v) is 2.01. The highest BCUT2D eigenvalue weighted by molar-refractivity contribution is 5.87. The standard InChI is InChI=1S/C18H19NO5/c1-12(24-16-9-5-14(6-10-16)18(21)22)17(20)19-11-13-3-7-15(23-2)8-4-13/h3-10,12H,11H2,1-2H3,(H,19,20)(H,21,22). The topological polar surface area (TPSA) is 84.9 Å². The molecule has 6 nitrogen and oxygen atoms in total. The third kappa shape index (κ3) is 4.74. The molecule has 0 saturated carbocycles. The van der Waals surface area contributed by atoms with Gasteiger partial charge in [-0.1, -0.05) is 12.1 Å². The summed E-state index contributed by atoms with van der Waals surface area (Å²) in [5.41, 5.74) is 1.11. The molecule has 2 N–H and O–H groups in total. The first kappa shape index (κ1) is 17.3. The number of carbonyl (C=O) groups excluding carboxylic acids is 1. The minimum atomic E-state index is -1.01. The van der Waals surface area contributed by atoms with E-state index in [1.54, 1.807) is 14.0 Å². The highest BCUT2D eigenvalue weighted by atomic mass is 16.5. The molecule has 126 valence electrons. The van der Waals surface area contributed by atoms with Gasteiger partial charge < -0.3 is 19.9 Å². The molecule has 2 aromatic carbocycles. The van der Waals surface area contributed by atoms with E-state index in [-0.39, 0.29) is 11.5 Å². The molecule has 1 atom stereocenters. The summed E-state index contributed by atoms with van der Waals surface area (Å²) in [5, 5.41) is 11.6. The average molecular weight is 329 g/mol. The summed E-state index contributed by atoms with van der Waals surface area (Å²) in [6.45, 7) is 2.02. The predicted octanol–water partition coefficient (Wildman–Crippen LogP) is 2.48. The number of hydrogen-bond donors (Lipinski definition) is 2. The zero-order chi connectivity index (χ0) is 17.5. The molecule has 24 heavy (non-hydrogen) atoms. The van der Waals surface area contributed by atoms with Gasteiger partial charge in [-0.25, -0.2) is 4.79 Å². The lowest BCUT2D eigenvalue weighted by Gasteiger charge is -2.15. The van der Waals surface area contributed by atoms with Gasteiger partial charge in [-0.2, -0.15) is 0 Å². The number of carboxylic acids is 1. The summed E-state index contributed by atoms with van der Waals surface area (Å²) in [7, 11) is 1.60. The number of rotatable bonds is 7. The molecule has 0 aliphatic carbocycles. The largest absolute Gasteiger partial charge is 0.497 e. The third-order valence-corrected chi connectivity index (χ3v) is 3.41. The van der Waals surface area contributed by atoms with Crippen LogP contribution >= 0.6 is 0 Å². The SMILES string of the molecule is COc1ccc(CNC(=O)C(C)Oc2ccc(C(=O)O)cc2)cc1. The maximum atomic E-state index is 12.1. The fourth-order valence-electron chi connectivity index (χ4n) is 2.01. The quantitative estimate of drug-likeness (QED) is 0.815. The van der Waals surface area contributed by atoms with Gasteiger partial charge in [0, 0.05) is 6.54 Å². The number of hydrogen-bond acceptors (Lipinski definition) is 4. The Kier molecular flexibility index (Phi) is 5.78. The Hall–Kier alpha value is -3.02. The van der Waals surface area contributed by atoms with E-state index in [9.17, 15) is 9.59 Å². The Bertz CT molecular complexity index is 694. The first-order valence-corrected chi connectivity index (χ1v) is 7.40. The van der Waals surface area contributed by atoms with E-state index in [0.29, 0.717) is 12.3 Å². The molecule has 0 aliphatic rings. The van der Waals surface area contributed by atoms with Crippen molar-refractivity contribution < 1.29 is 24.2 Å². The molecule has 0 aromatic heterocycles. The van der Waals surface area contributed by atoms with E-state index >= 15 is 0 Å². The van der Waals surface area contributed by atoms with Crippen molar-refractivity contribution >= 4 is 11.9 Å². The summed E-state index contributed by atoms with van der Waals surface area (Å²) in [5.74, 6) is -0.0707. The third-order valence-electron chi connectivity index (χ3n) is 3.41. The zero-order valence-corrected chi connectivity index (χ0v) is 13.5. The molecule has 0 bridgehead atoms. The number of carboxylic acid groups (broad SMARTS) is 1.